The highest BCUT2D eigenvalue weighted by molar-refractivity contribution is 5.26. The second-order valence-corrected chi connectivity index (χ2v) is 5.35. The van der Waals surface area contributed by atoms with Gasteiger partial charge >= 0.3 is 6.18 Å². The summed E-state index contributed by atoms with van der Waals surface area (Å²) in [4.78, 5) is 3.63. The van der Waals surface area contributed by atoms with Crippen molar-refractivity contribution >= 4 is 0 Å². The average molecular weight is 311 g/mol. The minimum atomic E-state index is -4.33. The topological polar surface area (TPSA) is 46.8 Å². The predicted molar refractivity (Wildman–Crippen MR) is 72.8 cm³/mol. The molecule has 0 radical (unpaired) electrons. The molecular formula is C14H16F3N5. The van der Waals surface area contributed by atoms with Crippen LogP contribution in [0.2, 0.25) is 0 Å². The molecule has 1 fully saturated rings. The number of alkyl halides is 3. The van der Waals surface area contributed by atoms with Crippen molar-refractivity contribution in [3.05, 3.63) is 41.7 Å². The van der Waals surface area contributed by atoms with Crippen molar-refractivity contribution in [1.29, 1.82) is 0 Å². The molecule has 0 aliphatic carbocycles. The zero-order chi connectivity index (χ0) is 15.6. The van der Waals surface area contributed by atoms with Crippen molar-refractivity contribution in [2.24, 2.45) is 0 Å². The van der Waals surface area contributed by atoms with Crippen molar-refractivity contribution in [2.45, 2.75) is 31.6 Å². The molecule has 22 heavy (non-hydrogen) atoms. The first kappa shape index (κ1) is 15.0. The van der Waals surface area contributed by atoms with Crippen LogP contribution in [0.3, 0.4) is 0 Å². The molecule has 0 N–H and O–H groups in total. The first-order valence-electron chi connectivity index (χ1n) is 7.19. The number of benzene rings is 1. The number of aromatic nitrogens is 4. The third kappa shape index (κ3) is 3.11. The van der Waals surface area contributed by atoms with E-state index in [1.165, 1.54) is 29.7 Å². The molecule has 2 heterocycles. The summed E-state index contributed by atoms with van der Waals surface area (Å²) in [5.74, 6) is 0. The highest BCUT2D eigenvalue weighted by Gasteiger charge is 2.31. The Morgan fingerprint density at radius 1 is 1.00 bits per heavy atom. The van der Waals surface area contributed by atoms with E-state index in [2.05, 4.69) is 20.3 Å². The molecule has 1 saturated heterocycles. The van der Waals surface area contributed by atoms with Crippen LogP contribution in [0, 0.1) is 0 Å². The largest absolute Gasteiger partial charge is 0.416 e. The number of hydrogen-bond donors (Lipinski definition) is 0. The van der Waals surface area contributed by atoms with Crippen LogP contribution >= 0.6 is 0 Å². The maximum absolute atomic E-state index is 12.7. The van der Waals surface area contributed by atoms with Gasteiger partial charge < -0.3 is 0 Å². The molecule has 5 nitrogen and oxygen atoms in total. The van der Waals surface area contributed by atoms with Crippen LogP contribution in [-0.2, 0) is 6.18 Å². The van der Waals surface area contributed by atoms with Crippen LogP contribution in [-0.4, -0.2) is 38.2 Å². The lowest BCUT2D eigenvalue weighted by Gasteiger charge is -2.33. The molecule has 2 aromatic rings. The fourth-order valence-corrected chi connectivity index (χ4v) is 2.78. The second kappa shape index (κ2) is 6.04. The Bertz CT molecular complexity index is 588. The van der Waals surface area contributed by atoms with Gasteiger partial charge in [0.1, 0.15) is 0 Å². The van der Waals surface area contributed by atoms with E-state index < -0.39 is 11.7 Å². The van der Waals surface area contributed by atoms with Gasteiger partial charge in [0.25, 0.3) is 0 Å². The first-order valence-corrected chi connectivity index (χ1v) is 7.19. The SMILES string of the molecule is FC(F)(F)c1ccc([C@@H](N2CCCCC2)n2ncnn2)cc1. The lowest BCUT2D eigenvalue weighted by atomic mass is 10.1. The molecule has 3 rings (SSSR count). The summed E-state index contributed by atoms with van der Waals surface area (Å²) >= 11 is 0. The number of nitrogens with zero attached hydrogens (tertiary/aromatic N) is 5. The summed E-state index contributed by atoms with van der Waals surface area (Å²) in [5, 5.41) is 11.7. The monoisotopic (exact) mass is 311 g/mol. The third-order valence-electron chi connectivity index (χ3n) is 3.86. The number of halogens is 3. The Balaban J connectivity index is 1.92. The summed E-state index contributed by atoms with van der Waals surface area (Å²) in [6, 6.07) is 5.18. The van der Waals surface area contributed by atoms with Gasteiger partial charge in [0.15, 0.2) is 12.5 Å². The van der Waals surface area contributed by atoms with Gasteiger partial charge in [0.05, 0.1) is 5.56 Å². The van der Waals surface area contributed by atoms with Crippen molar-refractivity contribution < 1.29 is 13.2 Å². The highest BCUT2D eigenvalue weighted by atomic mass is 19.4. The Hall–Kier alpha value is -1.96. The van der Waals surface area contributed by atoms with Crippen LogP contribution in [0.1, 0.15) is 36.6 Å². The van der Waals surface area contributed by atoms with Gasteiger partial charge in [0.2, 0.25) is 0 Å². The smallest absolute Gasteiger partial charge is 0.277 e. The van der Waals surface area contributed by atoms with Gasteiger partial charge in [-0.1, -0.05) is 18.6 Å². The molecule has 1 atom stereocenters. The predicted octanol–water partition coefficient (Wildman–Crippen LogP) is 2.72. The van der Waals surface area contributed by atoms with Gasteiger partial charge in [-0.3, -0.25) is 4.90 Å². The maximum atomic E-state index is 12.7. The summed E-state index contributed by atoms with van der Waals surface area (Å²) in [5.41, 5.74) is 0.0769. The van der Waals surface area contributed by atoms with Gasteiger partial charge in [-0.2, -0.15) is 13.2 Å². The van der Waals surface area contributed by atoms with Crippen LogP contribution < -0.4 is 0 Å². The molecular weight excluding hydrogens is 295 g/mol. The Morgan fingerprint density at radius 2 is 1.68 bits per heavy atom. The number of hydrogen-bond acceptors (Lipinski definition) is 4. The molecule has 0 bridgehead atoms. The van der Waals surface area contributed by atoms with Crippen molar-refractivity contribution in [3.8, 4) is 0 Å². The fraction of sp³-hybridized carbons (Fsp3) is 0.500. The van der Waals surface area contributed by atoms with E-state index in [0.717, 1.165) is 43.6 Å². The van der Waals surface area contributed by atoms with Crippen LogP contribution in [0.15, 0.2) is 30.6 Å². The summed E-state index contributed by atoms with van der Waals surface area (Å²) in [6.45, 7) is 1.74. The molecule has 1 aromatic carbocycles. The molecule has 8 heteroatoms. The second-order valence-electron chi connectivity index (χ2n) is 5.35. The third-order valence-corrected chi connectivity index (χ3v) is 3.86. The standard InChI is InChI=1S/C14H16F3N5/c15-14(16,17)12-6-4-11(5-7-12)13(22-19-10-18-20-22)21-8-2-1-3-9-21/h4-7,10,13H,1-3,8-9H2/t13-/m0/s1. The van der Waals surface area contributed by atoms with E-state index in [1.807, 2.05) is 0 Å². The van der Waals surface area contributed by atoms with Crippen molar-refractivity contribution in [2.75, 3.05) is 13.1 Å². The molecule has 0 spiro atoms. The molecule has 1 aliphatic rings. The maximum Gasteiger partial charge on any atom is 0.416 e. The molecule has 0 amide bonds. The fourth-order valence-electron chi connectivity index (χ4n) is 2.78. The van der Waals surface area contributed by atoms with E-state index in [0.29, 0.717) is 0 Å². The highest BCUT2D eigenvalue weighted by Crippen LogP contribution is 2.31. The van der Waals surface area contributed by atoms with E-state index in [4.69, 9.17) is 0 Å². The Morgan fingerprint density at radius 3 is 2.23 bits per heavy atom. The van der Waals surface area contributed by atoms with Crippen LogP contribution in [0.5, 0.6) is 0 Å². The minimum absolute atomic E-state index is 0.315. The lowest BCUT2D eigenvalue weighted by molar-refractivity contribution is -0.137. The zero-order valence-electron chi connectivity index (χ0n) is 11.9. The number of tetrazole rings is 1. The molecule has 0 unspecified atom stereocenters. The summed E-state index contributed by atoms with van der Waals surface area (Å²) < 4.78 is 38.1. The lowest BCUT2D eigenvalue weighted by Crippen LogP contribution is -2.38. The molecule has 118 valence electrons. The zero-order valence-corrected chi connectivity index (χ0v) is 11.9. The van der Waals surface area contributed by atoms with Crippen LogP contribution in [0.25, 0.3) is 0 Å². The van der Waals surface area contributed by atoms with E-state index in [1.54, 1.807) is 0 Å². The van der Waals surface area contributed by atoms with E-state index in [9.17, 15) is 13.2 Å². The molecule has 1 aromatic heterocycles. The first-order chi connectivity index (χ1) is 10.6. The molecule has 1 aliphatic heterocycles. The number of likely N-dealkylation sites (tertiary alicyclic amines) is 1. The summed E-state index contributed by atoms with van der Waals surface area (Å²) in [7, 11) is 0. The molecule has 0 saturated carbocycles. The Labute approximate surface area is 125 Å². The normalized spacial score (nSPS) is 18.3. The van der Waals surface area contributed by atoms with Gasteiger partial charge in [-0.25, -0.2) is 0 Å². The van der Waals surface area contributed by atoms with Gasteiger partial charge in [0, 0.05) is 13.1 Å². The van der Waals surface area contributed by atoms with E-state index >= 15 is 0 Å². The van der Waals surface area contributed by atoms with Gasteiger partial charge in [-0.05, 0) is 35.8 Å². The Kier molecular flexibility index (Phi) is 4.10. The number of piperidine rings is 1. The van der Waals surface area contributed by atoms with E-state index in [-0.39, 0.29) is 6.17 Å². The van der Waals surface area contributed by atoms with Crippen molar-refractivity contribution in [3.63, 3.8) is 0 Å². The number of rotatable bonds is 3. The van der Waals surface area contributed by atoms with Crippen molar-refractivity contribution in [1.82, 2.24) is 25.1 Å². The quantitative estimate of drug-likeness (QED) is 0.874. The van der Waals surface area contributed by atoms with Gasteiger partial charge in [-0.15, -0.1) is 15.0 Å². The minimum Gasteiger partial charge on any atom is -0.277 e. The average Bonchev–Trinajstić information content (AvgIpc) is 3.02. The van der Waals surface area contributed by atoms with Crippen LogP contribution in [0.4, 0.5) is 13.2 Å². The summed E-state index contributed by atoms with van der Waals surface area (Å²) in [6.07, 6.45) is -0.0187.